The second-order valence-electron chi connectivity index (χ2n) is 6.78. The number of rotatable bonds is 5. The molecule has 0 radical (unpaired) electrons. The number of carbonyl (C=O) groups is 1. The Hall–Kier alpha value is -2.19. The molecular weight excluding hydrogens is 366 g/mol. The predicted molar refractivity (Wildman–Crippen MR) is 101 cm³/mol. The number of carbonyl (C=O) groups excluding carboxylic acids is 1. The lowest BCUT2D eigenvalue weighted by Crippen LogP contribution is -2.37. The van der Waals surface area contributed by atoms with Crippen LogP contribution in [0.15, 0.2) is 39.8 Å². The van der Waals surface area contributed by atoms with E-state index in [1.54, 1.807) is 18.7 Å². The highest BCUT2D eigenvalue weighted by Crippen LogP contribution is 2.24. The van der Waals surface area contributed by atoms with E-state index in [-0.39, 0.29) is 17.3 Å². The van der Waals surface area contributed by atoms with Gasteiger partial charge in [-0.05, 0) is 32.3 Å². The molecule has 1 aromatic carbocycles. The van der Waals surface area contributed by atoms with E-state index in [0.717, 1.165) is 5.56 Å². The van der Waals surface area contributed by atoms with Crippen molar-refractivity contribution in [2.75, 3.05) is 26.2 Å². The first-order valence-corrected chi connectivity index (χ1v) is 10.6. The van der Waals surface area contributed by atoms with E-state index in [9.17, 15) is 13.2 Å². The Morgan fingerprint density at radius 2 is 1.85 bits per heavy atom. The smallest absolute Gasteiger partial charge is 0.248 e. The first-order chi connectivity index (χ1) is 12.9. The Balaban J connectivity index is 1.62. The molecule has 0 atom stereocenters. The van der Waals surface area contributed by atoms with Crippen molar-refractivity contribution >= 4 is 15.9 Å². The van der Waals surface area contributed by atoms with Crippen LogP contribution in [0.1, 0.15) is 29.9 Å². The van der Waals surface area contributed by atoms with E-state index in [4.69, 9.17) is 4.52 Å². The summed E-state index contributed by atoms with van der Waals surface area (Å²) in [5.74, 6) is 0.364. The molecular formula is C19H25N3O4S. The Morgan fingerprint density at radius 3 is 2.52 bits per heavy atom. The van der Waals surface area contributed by atoms with E-state index in [0.29, 0.717) is 50.4 Å². The van der Waals surface area contributed by atoms with Crippen LogP contribution in [-0.2, 0) is 21.2 Å². The summed E-state index contributed by atoms with van der Waals surface area (Å²) >= 11 is 0. The molecule has 0 bridgehead atoms. The van der Waals surface area contributed by atoms with Crippen molar-refractivity contribution in [1.29, 1.82) is 0 Å². The maximum Gasteiger partial charge on any atom is 0.248 e. The number of hydrogen-bond acceptors (Lipinski definition) is 5. The van der Waals surface area contributed by atoms with Gasteiger partial charge < -0.3 is 9.42 Å². The number of aryl methyl sites for hydroxylation is 3. The number of aromatic nitrogens is 1. The number of nitrogens with zero attached hydrogens (tertiary/aromatic N) is 3. The van der Waals surface area contributed by atoms with Crippen LogP contribution >= 0.6 is 0 Å². The van der Waals surface area contributed by atoms with Crippen LogP contribution in [0.5, 0.6) is 0 Å². The Labute approximate surface area is 160 Å². The van der Waals surface area contributed by atoms with Gasteiger partial charge in [0.1, 0.15) is 10.6 Å². The van der Waals surface area contributed by atoms with Crippen LogP contribution in [0, 0.1) is 13.8 Å². The normalized spacial score (nSPS) is 16.3. The third-order valence-corrected chi connectivity index (χ3v) is 6.99. The summed E-state index contributed by atoms with van der Waals surface area (Å²) in [7, 11) is -3.67. The topological polar surface area (TPSA) is 83.7 Å². The van der Waals surface area contributed by atoms with Crippen LogP contribution in [-0.4, -0.2) is 54.9 Å². The van der Waals surface area contributed by atoms with E-state index >= 15 is 0 Å². The zero-order valence-electron chi connectivity index (χ0n) is 15.7. The molecule has 1 aliphatic heterocycles. The Kier molecular flexibility index (Phi) is 5.96. The van der Waals surface area contributed by atoms with Gasteiger partial charge in [-0.3, -0.25) is 4.79 Å². The molecule has 2 aromatic rings. The fourth-order valence-corrected chi connectivity index (χ4v) is 5.17. The second kappa shape index (κ2) is 8.22. The van der Waals surface area contributed by atoms with Crippen LogP contribution in [0.25, 0.3) is 0 Å². The molecule has 27 heavy (non-hydrogen) atoms. The minimum absolute atomic E-state index is 0.0652. The van der Waals surface area contributed by atoms with Crippen LogP contribution < -0.4 is 0 Å². The molecule has 0 saturated carbocycles. The number of benzene rings is 1. The van der Waals surface area contributed by atoms with Crippen molar-refractivity contribution in [2.24, 2.45) is 0 Å². The summed E-state index contributed by atoms with van der Waals surface area (Å²) in [4.78, 5) is 14.5. The quantitative estimate of drug-likeness (QED) is 0.780. The van der Waals surface area contributed by atoms with Crippen LogP contribution in [0.3, 0.4) is 0 Å². The first kappa shape index (κ1) is 19.6. The minimum Gasteiger partial charge on any atom is -0.360 e. The van der Waals surface area contributed by atoms with Gasteiger partial charge in [0.25, 0.3) is 0 Å². The van der Waals surface area contributed by atoms with Gasteiger partial charge in [-0.15, -0.1) is 0 Å². The SMILES string of the molecule is Cc1noc(C)c1S(=O)(=O)N1CCCN(C(=O)CCc2ccccc2)CC1. The summed E-state index contributed by atoms with van der Waals surface area (Å²) in [6, 6.07) is 9.89. The van der Waals surface area contributed by atoms with Crippen molar-refractivity contribution in [3.05, 3.63) is 47.3 Å². The maximum absolute atomic E-state index is 13.0. The maximum atomic E-state index is 13.0. The lowest BCUT2D eigenvalue weighted by Gasteiger charge is -2.22. The Bertz CT molecular complexity index is 873. The molecule has 146 valence electrons. The zero-order chi connectivity index (χ0) is 19.4. The number of sulfonamides is 1. The number of hydrogen-bond donors (Lipinski definition) is 0. The van der Waals surface area contributed by atoms with E-state index < -0.39 is 10.0 Å². The standard InChI is InChI=1S/C19H25N3O4S/c1-15-19(16(2)26-20-15)27(24,25)22-12-6-11-21(13-14-22)18(23)10-9-17-7-4-3-5-8-17/h3-5,7-8H,6,9-14H2,1-2H3. The monoisotopic (exact) mass is 391 g/mol. The highest BCUT2D eigenvalue weighted by atomic mass is 32.2. The summed E-state index contributed by atoms with van der Waals surface area (Å²) in [6.45, 7) is 4.86. The van der Waals surface area contributed by atoms with E-state index in [2.05, 4.69) is 5.16 Å². The average molecular weight is 391 g/mol. The van der Waals surface area contributed by atoms with Crippen molar-refractivity contribution < 1.29 is 17.7 Å². The molecule has 2 heterocycles. The summed E-state index contributed by atoms with van der Waals surface area (Å²) < 4.78 is 32.4. The van der Waals surface area contributed by atoms with Gasteiger partial charge in [-0.1, -0.05) is 35.5 Å². The van der Waals surface area contributed by atoms with Crippen LogP contribution in [0.2, 0.25) is 0 Å². The van der Waals surface area contributed by atoms with Gasteiger partial charge in [0.2, 0.25) is 15.9 Å². The fraction of sp³-hybridized carbons (Fsp3) is 0.474. The predicted octanol–water partition coefficient (Wildman–Crippen LogP) is 2.15. The van der Waals surface area contributed by atoms with Gasteiger partial charge in [0, 0.05) is 32.6 Å². The third-order valence-electron chi connectivity index (χ3n) is 4.84. The summed E-state index contributed by atoms with van der Waals surface area (Å²) in [5, 5.41) is 3.75. The molecule has 7 nitrogen and oxygen atoms in total. The lowest BCUT2D eigenvalue weighted by atomic mass is 10.1. The molecule has 1 saturated heterocycles. The van der Waals surface area contributed by atoms with E-state index in [1.807, 2.05) is 30.3 Å². The molecule has 0 aliphatic carbocycles. The van der Waals surface area contributed by atoms with Crippen molar-refractivity contribution in [2.45, 2.75) is 38.0 Å². The second-order valence-corrected chi connectivity index (χ2v) is 8.65. The summed E-state index contributed by atoms with van der Waals surface area (Å²) in [6.07, 6.45) is 1.73. The molecule has 1 aliphatic rings. The molecule has 0 N–H and O–H groups in total. The first-order valence-electron chi connectivity index (χ1n) is 9.14. The van der Waals surface area contributed by atoms with Gasteiger partial charge >= 0.3 is 0 Å². The van der Waals surface area contributed by atoms with Crippen molar-refractivity contribution in [1.82, 2.24) is 14.4 Å². The fourth-order valence-electron chi connectivity index (χ4n) is 3.41. The van der Waals surface area contributed by atoms with Gasteiger partial charge in [-0.2, -0.15) is 4.31 Å². The van der Waals surface area contributed by atoms with Crippen molar-refractivity contribution in [3.63, 3.8) is 0 Å². The summed E-state index contributed by atoms with van der Waals surface area (Å²) in [5.41, 5.74) is 1.50. The molecule has 3 rings (SSSR count). The van der Waals surface area contributed by atoms with Gasteiger partial charge in [-0.25, -0.2) is 8.42 Å². The zero-order valence-corrected chi connectivity index (χ0v) is 16.5. The highest BCUT2D eigenvalue weighted by molar-refractivity contribution is 7.89. The minimum atomic E-state index is -3.67. The third kappa shape index (κ3) is 4.39. The molecule has 0 spiro atoms. The van der Waals surface area contributed by atoms with E-state index in [1.165, 1.54) is 4.31 Å². The molecule has 1 aromatic heterocycles. The Morgan fingerprint density at radius 1 is 1.11 bits per heavy atom. The molecule has 8 heteroatoms. The highest BCUT2D eigenvalue weighted by Gasteiger charge is 2.32. The molecule has 1 amide bonds. The van der Waals surface area contributed by atoms with Gasteiger partial charge in [0.15, 0.2) is 5.76 Å². The average Bonchev–Trinajstić information content (AvgIpc) is 2.86. The lowest BCUT2D eigenvalue weighted by molar-refractivity contribution is -0.131. The molecule has 1 fully saturated rings. The molecule has 0 unspecified atom stereocenters. The number of amides is 1. The van der Waals surface area contributed by atoms with Crippen molar-refractivity contribution in [3.8, 4) is 0 Å². The largest absolute Gasteiger partial charge is 0.360 e. The van der Waals surface area contributed by atoms with Gasteiger partial charge in [0.05, 0.1) is 0 Å². The van der Waals surface area contributed by atoms with Crippen LogP contribution in [0.4, 0.5) is 0 Å².